The summed E-state index contributed by atoms with van der Waals surface area (Å²) in [6.07, 6.45) is 0.541. The highest BCUT2D eigenvalue weighted by Gasteiger charge is 2.57. The van der Waals surface area contributed by atoms with Crippen LogP contribution in [-0.2, 0) is 9.59 Å². The van der Waals surface area contributed by atoms with Crippen LogP contribution in [0, 0.1) is 15.5 Å². The number of methoxy groups -OCH3 is 1. The van der Waals surface area contributed by atoms with Crippen LogP contribution in [0.1, 0.15) is 12.8 Å². The van der Waals surface area contributed by atoms with E-state index in [0.29, 0.717) is 0 Å². The number of nitro benzene ring substituents is 1. The van der Waals surface area contributed by atoms with Crippen LogP contribution >= 0.6 is 0 Å². The molecule has 0 aromatic heterocycles. The number of hydrogen-bond acceptors (Lipinski definition) is 5. The van der Waals surface area contributed by atoms with Crippen molar-refractivity contribution in [2.24, 2.45) is 5.41 Å². The fourth-order valence-corrected chi connectivity index (χ4v) is 1.82. The summed E-state index contributed by atoms with van der Waals surface area (Å²) in [4.78, 5) is 33.1. The van der Waals surface area contributed by atoms with E-state index >= 15 is 0 Å². The van der Waals surface area contributed by atoms with Gasteiger partial charge in [-0.2, -0.15) is 0 Å². The Morgan fingerprint density at radius 3 is 2.55 bits per heavy atom. The summed E-state index contributed by atoms with van der Waals surface area (Å²) >= 11 is 0. The Balaban J connectivity index is 2.23. The van der Waals surface area contributed by atoms with E-state index in [1.807, 2.05) is 0 Å². The van der Waals surface area contributed by atoms with E-state index in [9.17, 15) is 19.7 Å². The topological polar surface area (TPSA) is 119 Å². The van der Waals surface area contributed by atoms with Crippen LogP contribution in [0.15, 0.2) is 18.2 Å². The zero-order valence-corrected chi connectivity index (χ0v) is 10.6. The van der Waals surface area contributed by atoms with Gasteiger partial charge in [-0.15, -0.1) is 0 Å². The van der Waals surface area contributed by atoms with Crippen molar-refractivity contribution in [2.75, 3.05) is 12.4 Å². The SMILES string of the molecule is COc1ccc(NC(=O)C2(C(=O)O)CC2)cc1[N+](=O)[O-]. The number of aliphatic carboxylic acids is 1. The highest BCUT2D eigenvalue weighted by atomic mass is 16.6. The second kappa shape index (κ2) is 4.80. The molecule has 0 radical (unpaired) electrons. The first-order chi connectivity index (χ1) is 9.40. The normalized spacial score (nSPS) is 15.2. The summed E-state index contributed by atoms with van der Waals surface area (Å²) in [6.45, 7) is 0. The highest BCUT2D eigenvalue weighted by molar-refractivity contribution is 6.10. The van der Waals surface area contributed by atoms with Crippen molar-refractivity contribution in [2.45, 2.75) is 12.8 Å². The maximum atomic E-state index is 11.9. The monoisotopic (exact) mass is 280 g/mol. The molecule has 8 heteroatoms. The smallest absolute Gasteiger partial charge is 0.319 e. The number of nitro groups is 1. The number of carboxylic acids is 1. The number of nitrogens with one attached hydrogen (secondary N) is 1. The lowest BCUT2D eigenvalue weighted by atomic mass is 10.1. The van der Waals surface area contributed by atoms with Crippen LogP contribution in [0.2, 0.25) is 0 Å². The summed E-state index contributed by atoms with van der Waals surface area (Å²) in [5.74, 6) is -1.78. The van der Waals surface area contributed by atoms with Crippen molar-refractivity contribution in [1.29, 1.82) is 0 Å². The minimum absolute atomic E-state index is 0.0624. The minimum Gasteiger partial charge on any atom is -0.490 e. The van der Waals surface area contributed by atoms with E-state index in [-0.39, 0.29) is 30.0 Å². The minimum atomic E-state index is -1.39. The third-order valence-corrected chi connectivity index (χ3v) is 3.23. The Hall–Kier alpha value is -2.64. The molecule has 20 heavy (non-hydrogen) atoms. The fraction of sp³-hybridized carbons (Fsp3) is 0.333. The molecule has 1 aliphatic carbocycles. The largest absolute Gasteiger partial charge is 0.490 e. The maximum absolute atomic E-state index is 11.9. The van der Waals surface area contributed by atoms with Crippen molar-refractivity contribution >= 4 is 23.3 Å². The standard InChI is InChI=1S/C12H12N2O6/c1-20-9-3-2-7(6-8(9)14(18)19)13-10(15)12(4-5-12)11(16)17/h2-3,6H,4-5H2,1H3,(H,13,15)(H,16,17). The lowest BCUT2D eigenvalue weighted by molar-refractivity contribution is -0.385. The van der Waals surface area contributed by atoms with Crippen LogP contribution in [0.3, 0.4) is 0 Å². The van der Waals surface area contributed by atoms with Gasteiger partial charge in [0.05, 0.1) is 12.0 Å². The Labute approximate surface area is 113 Å². The molecule has 1 fully saturated rings. The number of amides is 1. The Bertz CT molecular complexity index is 594. The van der Waals surface area contributed by atoms with Gasteiger partial charge in [0.15, 0.2) is 5.75 Å². The predicted octanol–water partition coefficient (Wildman–Crippen LogP) is 1.41. The molecule has 0 aliphatic heterocycles. The van der Waals surface area contributed by atoms with Gasteiger partial charge in [0.1, 0.15) is 5.41 Å². The molecule has 0 spiro atoms. The third-order valence-electron chi connectivity index (χ3n) is 3.23. The summed E-state index contributed by atoms with van der Waals surface area (Å²) in [7, 11) is 1.30. The van der Waals surface area contributed by atoms with Crippen molar-refractivity contribution in [3.8, 4) is 5.75 Å². The summed E-state index contributed by atoms with van der Waals surface area (Å²) in [5.41, 5.74) is -1.53. The Kier molecular flexibility index (Phi) is 3.31. The lowest BCUT2D eigenvalue weighted by Gasteiger charge is -2.11. The van der Waals surface area contributed by atoms with Gasteiger partial charge in [-0.1, -0.05) is 0 Å². The molecule has 1 aromatic carbocycles. The second-order valence-electron chi connectivity index (χ2n) is 4.49. The highest BCUT2D eigenvalue weighted by Crippen LogP contribution is 2.47. The molecular formula is C12H12N2O6. The van der Waals surface area contributed by atoms with E-state index in [0.717, 1.165) is 6.07 Å². The van der Waals surface area contributed by atoms with Crippen LogP contribution in [0.5, 0.6) is 5.75 Å². The molecule has 0 atom stereocenters. The Morgan fingerprint density at radius 1 is 1.45 bits per heavy atom. The number of anilines is 1. The first-order valence-corrected chi connectivity index (χ1v) is 5.78. The molecule has 1 amide bonds. The predicted molar refractivity (Wildman–Crippen MR) is 67.6 cm³/mol. The van der Waals surface area contributed by atoms with Gasteiger partial charge in [0.2, 0.25) is 5.91 Å². The molecule has 0 bridgehead atoms. The van der Waals surface area contributed by atoms with Crippen molar-refractivity contribution in [3.63, 3.8) is 0 Å². The fourth-order valence-electron chi connectivity index (χ4n) is 1.82. The molecule has 2 N–H and O–H groups in total. The van der Waals surface area contributed by atoms with Gasteiger partial charge >= 0.3 is 11.7 Å². The zero-order chi connectivity index (χ0) is 14.9. The number of nitrogens with zero attached hydrogens (tertiary/aromatic N) is 1. The maximum Gasteiger partial charge on any atom is 0.319 e. The van der Waals surface area contributed by atoms with E-state index < -0.39 is 22.2 Å². The molecule has 2 rings (SSSR count). The average molecular weight is 280 g/mol. The van der Waals surface area contributed by atoms with Gasteiger partial charge in [-0.05, 0) is 25.0 Å². The van der Waals surface area contributed by atoms with Crippen molar-refractivity contribution in [1.82, 2.24) is 0 Å². The van der Waals surface area contributed by atoms with Crippen LogP contribution in [0.4, 0.5) is 11.4 Å². The molecule has 0 saturated heterocycles. The van der Waals surface area contributed by atoms with E-state index in [4.69, 9.17) is 9.84 Å². The Morgan fingerprint density at radius 2 is 2.10 bits per heavy atom. The van der Waals surface area contributed by atoms with Crippen LogP contribution in [0.25, 0.3) is 0 Å². The number of carbonyl (C=O) groups excluding carboxylic acids is 1. The lowest BCUT2D eigenvalue weighted by Crippen LogP contribution is -2.31. The van der Waals surface area contributed by atoms with Crippen molar-refractivity contribution < 1.29 is 24.4 Å². The molecule has 1 aliphatic rings. The van der Waals surface area contributed by atoms with Crippen LogP contribution in [-0.4, -0.2) is 29.0 Å². The number of carboxylic acid groups (broad SMARTS) is 1. The van der Waals surface area contributed by atoms with Gasteiger partial charge in [-0.25, -0.2) is 0 Å². The van der Waals surface area contributed by atoms with Crippen molar-refractivity contribution in [3.05, 3.63) is 28.3 Å². The molecule has 0 heterocycles. The van der Waals surface area contributed by atoms with Gasteiger partial charge < -0.3 is 15.2 Å². The molecule has 1 aromatic rings. The van der Waals surface area contributed by atoms with Gasteiger partial charge in [-0.3, -0.25) is 19.7 Å². The number of benzene rings is 1. The number of ether oxygens (including phenoxy) is 1. The second-order valence-corrected chi connectivity index (χ2v) is 4.49. The first-order valence-electron chi connectivity index (χ1n) is 5.78. The molecule has 106 valence electrons. The van der Waals surface area contributed by atoms with E-state index in [2.05, 4.69) is 5.32 Å². The zero-order valence-electron chi connectivity index (χ0n) is 10.6. The summed E-state index contributed by atoms with van der Waals surface area (Å²) < 4.78 is 4.84. The third kappa shape index (κ3) is 2.27. The molecule has 1 saturated carbocycles. The van der Waals surface area contributed by atoms with E-state index in [1.54, 1.807) is 0 Å². The number of rotatable bonds is 5. The number of hydrogen-bond donors (Lipinski definition) is 2. The molecular weight excluding hydrogens is 268 g/mol. The summed E-state index contributed by atoms with van der Waals surface area (Å²) in [5, 5.41) is 22.2. The molecule has 8 nitrogen and oxygen atoms in total. The van der Waals surface area contributed by atoms with Gasteiger partial charge in [0, 0.05) is 11.8 Å². The summed E-state index contributed by atoms with van der Waals surface area (Å²) in [6, 6.07) is 3.89. The van der Waals surface area contributed by atoms with E-state index in [1.165, 1.54) is 19.2 Å². The number of carbonyl (C=O) groups is 2. The van der Waals surface area contributed by atoms with Gasteiger partial charge in [0.25, 0.3) is 0 Å². The quantitative estimate of drug-likeness (QED) is 0.478. The average Bonchev–Trinajstić information content (AvgIpc) is 3.20. The molecule has 0 unspecified atom stereocenters. The van der Waals surface area contributed by atoms with Crippen LogP contribution < -0.4 is 10.1 Å². The first kappa shape index (κ1) is 13.8.